The molecule has 0 spiro atoms. The van der Waals surface area contributed by atoms with Crippen molar-refractivity contribution in [1.29, 1.82) is 0 Å². The summed E-state index contributed by atoms with van der Waals surface area (Å²) in [5.41, 5.74) is 8.55. The zero-order valence-corrected chi connectivity index (χ0v) is 13.3. The molecule has 2 nitrogen and oxygen atoms in total. The van der Waals surface area contributed by atoms with Crippen LogP contribution in [0.15, 0.2) is 54.6 Å². The maximum atomic E-state index is 6.27. The normalized spacial score (nSPS) is 11.5. The number of hydrogen-bond acceptors (Lipinski definition) is 2. The summed E-state index contributed by atoms with van der Waals surface area (Å²) < 4.78 is 5.94. The molecule has 3 heteroatoms. The molecule has 0 amide bonds. The van der Waals surface area contributed by atoms with Crippen LogP contribution in [-0.2, 0) is 6.61 Å². The van der Waals surface area contributed by atoms with Crippen LogP contribution in [0.5, 0.6) is 5.75 Å². The first kappa shape index (κ1) is 17.5. The summed E-state index contributed by atoms with van der Waals surface area (Å²) in [6.07, 6.45) is 3.32. The predicted octanol–water partition coefficient (Wildman–Crippen LogP) is 4.88. The molecule has 0 aromatic heterocycles. The predicted molar refractivity (Wildman–Crippen MR) is 90.9 cm³/mol. The molecule has 2 aromatic rings. The maximum Gasteiger partial charge on any atom is 0.124 e. The molecule has 0 unspecified atom stereocenters. The Morgan fingerprint density at radius 1 is 1.00 bits per heavy atom. The van der Waals surface area contributed by atoms with Gasteiger partial charge in [-0.15, -0.1) is 12.4 Å². The van der Waals surface area contributed by atoms with Gasteiger partial charge in [-0.1, -0.05) is 68.3 Å². The zero-order chi connectivity index (χ0) is 14.2. The molecule has 0 heterocycles. The summed E-state index contributed by atoms with van der Waals surface area (Å²) in [7, 11) is 0. The molecule has 0 saturated heterocycles. The molecular weight excluding hydrogens is 282 g/mol. The third-order valence-electron chi connectivity index (χ3n) is 3.42. The standard InChI is InChI=1S/C18H23NO.ClH/c1-2-3-12-17(19)16-11-7-8-13-18(16)20-14-15-9-5-4-6-10-15;/h4-11,13,17H,2-3,12,14,19H2,1H3;1H/t17-;/m0./s1. The monoisotopic (exact) mass is 305 g/mol. The number of para-hydroxylation sites is 1. The molecule has 0 radical (unpaired) electrons. The van der Waals surface area contributed by atoms with E-state index in [-0.39, 0.29) is 18.4 Å². The Morgan fingerprint density at radius 3 is 2.38 bits per heavy atom. The van der Waals surface area contributed by atoms with Crippen molar-refractivity contribution in [1.82, 2.24) is 0 Å². The first-order chi connectivity index (χ1) is 9.81. The van der Waals surface area contributed by atoms with Crippen LogP contribution in [0.2, 0.25) is 0 Å². The van der Waals surface area contributed by atoms with E-state index in [2.05, 4.69) is 25.1 Å². The van der Waals surface area contributed by atoms with Crippen molar-refractivity contribution >= 4 is 12.4 Å². The molecule has 0 fully saturated rings. The number of hydrogen-bond donors (Lipinski definition) is 1. The lowest BCUT2D eigenvalue weighted by molar-refractivity contribution is 0.300. The zero-order valence-electron chi connectivity index (χ0n) is 12.5. The van der Waals surface area contributed by atoms with Gasteiger partial charge in [-0.25, -0.2) is 0 Å². The van der Waals surface area contributed by atoms with Crippen LogP contribution in [0.1, 0.15) is 43.4 Å². The van der Waals surface area contributed by atoms with E-state index in [0.717, 1.165) is 24.2 Å². The van der Waals surface area contributed by atoms with E-state index in [0.29, 0.717) is 6.61 Å². The van der Waals surface area contributed by atoms with E-state index in [9.17, 15) is 0 Å². The molecule has 0 aliphatic carbocycles. The van der Waals surface area contributed by atoms with Gasteiger partial charge < -0.3 is 10.5 Å². The number of unbranched alkanes of at least 4 members (excludes halogenated alkanes) is 1. The third-order valence-corrected chi connectivity index (χ3v) is 3.42. The maximum absolute atomic E-state index is 6.27. The van der Waals surface area contributed by atoms with Gasteiger partial charge in [0, 0.05) is 11.6 Å². The highest BCUT2D eigenvalue weighted by molar-refractivity contribution is 5.85. The second kappa shape index (κ2) is 9.43. The lowest BCUT2D eigenvalue weighted by atomic mass is 10.0. The fourth-order valence-corrected chi connectivity index (χ4v) is 2.23. The number of nitrogens with two attached hydrogens (primary N) is 1. The average Bonchev–Trinajstić information content (AvgIpc) is 2.52. The number of halogens is 1. The summed E-state index contributed by atoms with van der Waals surface area (Å²) in [5, 5.41) is 0. The topological polar surface area (TPSA) is 35.2 Å². The van der Waals surface area contributed by atoms with E-state index >= 15 is 0 Å². The van der Waals surface area contributed by atoms with Crippen molar-refractivity contribution < 1.29 is 4.74 Å². The highest BCUT2D eigenvalue weighted by Crippen LogP contribution is 2.27. The van der Waals surface area contributed by atoms with Crippen LogP contribution >= 0.6 is 12.4 Å². The van der Waals surface area contributed by atoms with Crippen molar-refractivity contribution in [2.45, 2.75) is 38.8 Å². The van der Waals surface area contributed by atoms with E-state index in [1.165, 1.54) is 12.0 Å². The van der Waals surface area contributed by atoms with Gasteiger partial charge in [0.1, 0.15) is 12.4 Å². The van der Waals surface area contributed by atoms with Crippen molar-refractivity contribution in [3.05, 3.63) is 65.7 Å². The molecule has 0 aliphatic rings. The van der Waals surface area contributed by atoms with E-state index in [1.54, 1.807) is 0 Å². The Hall–Kier alpha value is -1.51. The minimum absolute atomic E-state index is 0. The second-order valence-corrected chi connectivity index (χ2v) is 5.06. The summed E-state index contributed by atoms with van der Waals surface area (Å²) in [4.78, 5) is 0. The van der Waals surface area contributed by atoms with Gasteiger partial charge in [-0.05, 0) is 18.1 Å². The minimum Gasteiger partial charge on any atom is -0.489 e. The van der Waals surface area contributed by atoms with Gasteiger partial charge in [0.15, 0.2) is 0 Å². The first-order valence-corrected chi connectivity index (χ1v) is 7.32. The average molecular weight is 306 g/mol. The van der Waals surface area contributed by atoms with Gasteiger partial charge in [0.2, 0.25) is 0 Å². The quantitative estimate of drug-likeness (QED) is 0.791. The van der Waals surface area contributed by atoms with Gasteiger partial charge in [-0.2, -0.15) is 0 Å². The molecule has 21 heavy (non-hydrogen) atoms. The molecule has 2 rings (SSSR count). The summed E-state index contributed by atoms with van der Waals surface area (Å²) in [6.45, 7) is 2.77. The number of benzene rings is 2. The Morgan fingerprint density at radius 2 is 1.67 bits per heavy atom. The van der Waals surface area contributed by atoms with Gasteiger partial charge in [0.25, 0.3) is 0 Å². The molecule has 0 aliphatic heterocycles. The van der Waals surface area contributed by atoms with Crippen molar-refractivity contribution in [3.8, 4) is 5.75 Å². The second-order valence-electron chi connectivity index (χ2n) is 5.06. The molecule has 114 valence electrons. The Balaban J connectivity index is 0.00000220. The minimum atomic E-state index is 0. The van der Waals surface area contributed by atoms with Crippen LogP contribution in [0.25, 0.3) is 0 Å². The molecule has 2 N–H and O–H groups in total. The molecule has 0 saturated carbocycles. The van der Waals surface area contributed by atoms with Gasteiger partial charge >= 0.3 is 0 Å². The van der Waals surface area contributed by atoms with Crippen LogP contribution in [0.4, 0.5) is 0 Å². The molecular formula is C18H24ClNO. The lowest BCUT2D eigenvalue weighted by Crippen LogP contribution is -2.12. The van der Waals surface area contributed by atoms with E-state index in [1.807, 2.05) is 36.4 Å². The van der Waals surface area contributed by atoms with Gasteiger partial charge in [-0.3, -0.25) is 0 Å². The van der Waals surface area contributed by atoms with E-state index < -0.39 is 0 Å². The fraction of sp³-hybridized carbons (Fsp3) is 0.333. The van der Waals surface area contributed by atoms with Crippen molar-refractivity contribution in [3.63, 3.8) is 0 Å². The van der Waals surface area contributed by atoms with Crippen molar-refractivity contribution in [2.24, 2.45) is 5.73 Å². The summed E-state index contributed by atoms with van der Waals surface area (Å²) in [6, 6.07) is 18.4. The molecule has 2 aromatic carbocycles. The van der Waals surface area contributed by atoms with Crippen LogP contribution < -0.4 is 10.5 Å². The summed E-state index contributed by atoms with van der Waals surface area (Å²) >= 11 is 0. The molecule has 1 atom stereocenters. The van der Waals surface area contributed by atoms with Crippen LogP contribution in [-0.4, -0.2) is 0 Å². The Labute approximate surface area is 133 Å². The van der Waals surface area contributed by atoms with Crippen LogP contribution in [0, 0.1) is 0 Å². The lowest BCUT2D eigenvalue weighted by Gasteiger charge is -2.16. The smallest absolute Gasteiger partial charge is 0.124 e. The molecule has 0 bridgehead atoms. The van der Waals surface area contributed by atoms with Crippen molar-refractivity contribution in [2.75, 3.05) is 0 Å². The van der Waals surface area contributed by atoms with Crippen LogP contribution in [0.3, 0.4) is 0 Å². The van der Waals surface area contributed by atoms with E-state index in [4.69, 9.17) is 10.5 Å². The Bertz CT molecular complexity index is 516. The largest absolute Gasteiger partial charge is 0.489 e. The highest BCUT2D eigenvalue weighted by Gasteiger charge is 2.11. The van der Waals surface area contributed by atoms with Gasteiger partial charge in [0.05, 0.1) is 0 Å². The number of ether oxygens (including phenoxy) is 1. The Kier molecular flexibility index (Phi) is 7.88. The summed E-state index contributed by atoms with van der Waals surface area (Å²) in [5.74, 6) is 0.903. The fourth-order valence-electron chi connectivity index (χ4n) is 2.23. The highest BCUT2D eigenvalue weighted by atomic mass is 35.5. The first-order valence-electron chi connectivity index (χ1n) is 7.32. The SMILES string of the molecule is CCCC[C@H](N)c1ccccc1OCc1ccccc1.Cl. The third kappa shape index (κ3) is 5.41. The number of rotatable bonds is 7.